The third-order valence-corrected chi connectivity index (χ3v) is 6.35. The molecule has 1 amide bonds. The number of halogens is 1. The highest BCUT2D eigenvalue weighted by molar-refractivity contribution is 7.22. The van der Waals surface area contributed by atoms with Gasteiger partial charge in [0.2, 0.25) is 0 Å². The predicted molar refractivity (Wildman–Crippen MR) is 122 cm³/mol. The molecule has 1 aromatic carbocycles. The van der Waals surface area contributed by atoms with Crippen molar-refractivity contribution < 1.29 is 19.1 Å². The van der Waals surface area contributed by atoms with E-state index in [0.717, 1.165) is 15.8 Å². The highest BCUT2D eigenvalue weighted by Crippen LogP contribution is 2.34. The number of rotatable bonds is 6. The number of H-pyrrole nitrogens is 1. The average molecular weight is 461 g/mol. The van der Waals surface area contributed by atoms with Gasteiger partial charge >= 0.3 is 5.97 Å². The zero-order chi connectivity index (χ0) is 22.2. The Balaban J connectivity index is 1.43. The van der Waals surface area contributed by atoms with E-state index in [9.17, 15) is 9.59 Å². The van der Waals surface area contributed by atoms with Crippen molar-refractivity contribution in [3.8, 4) is 0 Å². The van der Waals surface area contributed by atoms with E-state index in [1.54, 1.807) is 0 Å². The molecular formula is C23H25ClN2O4S. The van der Waals surface area contributed by atoms with Crippen LogP contribution in [0.3, 0.4) is 0 Å². The number of hydrogen-bond acceptors (Lipinski definition) is 5. The van der Waals surface area contributed by atoms with Gasteiger partial charge in [0.25, 0.3) is 5.91 Å². The van der Waals surface area contributed by atoms with Crippen LogP contribution in [0.5, 0.6) is 0 Å². The summed E-state index contributed by atoms with van der Waals surface area (Å²) >= 11 is 7.43. The average Bonchev–Trinajstić information content (AvgIpc) is 3.31. The van der Waals surface area contributed by atoms with Gasteiger partial charge in [0.1, 0.15) is 22.7 Å². The minimum absolute atomic E-state index is 0.0480. The maximum Gasteiger partial charge on any atom is 0.332 e. The minimum atomic E-state index is -0.551. The standard InChI is InChI=1S/C23H25ClN2O4S/c1-23(2,3)30-20(27)12-29-11-16-15-7-5-4-6-13(15)8-17(16)25-21(28)18-9-14-10-19(24)31-22(14)26-18/h4-7,9-10,16-17,26H,8,11-12H2,1-3H3,(H,25,28)/t16-,17+/m1/s1. The molecule has 3 aromatic rings. The van der Waals surface area contributed by atoms with E-state index in [-0.39, 0.29) is 24.5 Å². The van der Waals surface area contributed by atoms with Crippen LogP contribution in [0.4, 0.5) is 0 Å². The first-order chi connectivity index (χ1) is 14.7. The van der Waals surface area contributed by atoms with Gasteiger partial charge in [-0.05, 0) is 50.5 Å². The number of aromatic amines is 1. The highest BCUT2D eigenvalue weighted by Gasteiger charge is 2.34. The lowest BCUT2D eigenvalue weighted by Gasteiger charge is -2.23. The summed E-state index contributed by atoms with van der Waals surface area (Å²) in [5.41, 5.74) is 2.27. The quantitative estimate of drug-likeness (QED) is 0.523. The molecule has 31 heavy (non-hydrogen) atoms. The zero-order valence-corrected chi connectivity index (χ0v) is 19.2. The lowest BCUT2D eigenvalue weighted by molar-refractivity contribution is -0.160. The first-order valence-electron chi connectivity index (χ1n) is 10.2. The van der Waals surface area contributed by atoms with Crippen molar-refractivity contribution in [2.45, 2.75) is 44.8 Å². The summed E-state index contributed by atoms with van der Waals surface area (Å²) in [6.45, 7) is 5.66. The first-order valence-corrected chi connectivity index (χ1v) is 11.4. The van der Waals surface area contributed by atoms with Crippen molar-refractivity contribution in [2.24, 2.45) is 0 Å². The van der Waals surface area contributed by atoms with Gasteiger partial charge in [-0.2, -0.15) is 0 Å². The summed E-state index contributed by atoms with van der Waals surface area (Å²) in [6.07, 6.45) is 0.712. The molecule has 2 aromatic heterocycles. The normalized spacial score (nSPS) is 18.2. The molecule has 1 aliphatic rings. The molecule has 2 N–H and O–H groups in total. The number of nitrogens with one attached hydrogen (secondary N) is 2. The number of thiophene rings is 1. The van der Waals surface area contributed by atoms with Crippen LogP contribution < -0.4 is 5.32 Å². The Hall–Kier alpha value is -2.35. The largest absolute Gasteiger partial charge is 0.458 e. The van der Waals surface area contributed by atoms with Crippen molar-refractivity contribution in [2.75, 3.05) is 13.2 Å². The van der Waals surface area contributed by atoms with Gasteiger partial charge in [0.05, 0.1) is 10.9 Å². The Morgan fingerprint density at radius 1 is 1.26 bits per heavy atom. The first kappa shape index (κ1) is 21.9. The fourth-order valence-electron chi connectivity index (χ4n) is 3.94. The number of esters is 1. The Morgan fingerprint density at radius 2 is 2.03 bits per heavy atom. The lowest BCUT2D eigenvalue weighted by atomic mass is 9.99. The fourth-order valence-corrected chi connectivity index (χ4v) is 5.06. The molecule has 8 heteroatoms. The summed E-state index contributed by atoms with van der Waals surface area (Å²) in [4.78, 5) is 28.9. The van der Waals surface area contributed by atoms with Crippen LogP contribution in [0.15, 0.2) is 36.4 Å². The SMILES string of the molecule is CC(C)(C)OC(=O)COC[C@@H]1c2ccccc2C[C@@H]1NC(=O)c1cc2cc(Cl)sc2[nH]1. The zero-order valence-electron chi connectivity index (χ0n) is 17.7. The molecule has 0 aliphatic heterocycles. The maximum absolute atomic E-state index is 12.9. The van der Waals surface area contributed by atoms with Gasteiger partial charge in [0.15, 0.2) is 0 Å². The number of carbonyl (C=O) groups excluding carboxylic acids is 2. The minimum Gasteiger partial charge on any atom is -0.458 e. The number of aromatic nitrogens is 1. The molecule has 4 rings (SSSR count). The molecular weight excluding hydrogens is 436 g/mol. The smallest absolute Gasteiger partial charge is 0.332 e. The van der Waals surface area contributed by atoms with E-state index in [1.807, 2.05) is 45.0 Å². The maximum atomic E-state index is 12.9. The monoisotopic (exact) mass is 460 g/mol. The van der Waals surface area contributed by atoms with Crippen molar-refractivity contribution in [3.05, 3.63) is 57.6 Å². The third kappa shape index (κ3) is 5.11. The lowest BCUT2D eigenvalue weighted by Crippen LogP contribution is -2.39. The topological polar surface area (TPSA) is 80.4 Å². The number of hydrogen-bond donors (Lipinski definition) is 2. The number of ether oxygens (including phenoxy) is 2. The van der Waals surface area contributed by atoms with Gasteiger partial charge in [0, 0.05) is 17.3 Å². The van der Waals surface area contributed by atoms with Crippen molar-refractivity contribution in [1.82, 2.24) is 10.3 Å². The second kappa shape index (κ2) is 8.65. The van der Waals surface area contributed by atoms with Crippen LogP contribution in [-0.2, 0) is 20.7 Å². The van der Waals surface area contributed by atoms with Crippen LogP contribution in [0.1, 0.15) is 48.3 Å². The van der Waals surface area contributed by atoms with Gasteiger partial charge in [-0.15, -0.1) is 11.3 Å². The molecule has 2 heterocycles. The molecule has 1 aliphatic carbocycles. The van der Waals surface area contributed by atoms with E-state index in [4.69, 9.17) is 21.1 Å². The van der Waals surface area contributed by atoms with Gasteiger partial charge < -0.3 is 19.8 Å². The molecule has 0 saturated heterocycles. The molecule has 0 saturated carbocycles. The molecule has 0 spiro atoms. The summed E-state index contributed by atoms with van der Waals surface area (Å²) in [5.74, 6) is -0.618. The molecule has 164 valence electrons. The summed E-state index contributed by atoms with van der Waals surface area (Å²) in [6, 6.07) is 11.6. The van der Waals surface area contributed by atoms with Crippen molar-refractivity contribution >= 4 is 45.0 Å². The number of benzene rings is 1. The second-order valence-corrected chi connectivity index (χ2v) is 10.4. The van der Waals surface area contributed by atoms with Crippen LogP contribution in [0.2, 0.25) is 4.34 Å². The van der Waals surface area contributed by atoms with Crippen molar-refractivity contribution in [3.63, 3.8) is 0 Å². The highest BCUT2D eigenvalue weighted by atomic mass is 35.5. The van der Waals surface area contributed by atoms with E-state index in [0.29, 0.717) is 23.1 Å². The third-order valence-electron chi connectivity index (χ3n) is 5.16. The van der Waals surface area contributed by atoms with Crippen molar-refractivity contribution in [1.29, 1.82) is 0 Å². The Morgan fingerprint density at radius 3 is 2.77 bits per heavy atom. The Kier molecular flexibility index (Phi) is 6.10. The molecule has 0 radical (unpaired) electrons. The molecule has 0 bridgehead atoms. The second-order valence-electron chi connectivity index (χ2n) is 8.71. The number of carbonyl (C=O) groups is 2. The predicted octanol–water partition coefficient (Wildman–Crippen LogP) is 4.68. The summed E-state index contributed by atoms with van der Waals surface area (Å²) in [7, 11) is 0. The van der Waals surface area contributed by atoms with Gasteiger partial charge in [-0.1, -0.05) is 35.9 Å². The Bertz CT molecular complexity index is 1080. The summed E-state index contributed by atoms with van der Waals surface area (Å²) < 4.78 is 11.7. The van der Waals surface area contributed by atoms with E-state index in [2.05, 4.69) is 22.4 Å². The van der Waals surface area contributed by atoms with Crippen LogP contribution in [-0.4, -0.2) is 41.7 Å². The van der Waals surface area contributed by atoms with E-state index < -0.39 is 11.6 Å². The van der Waals surface area contributed by atoms with Gasteiger partial charge in [-0.3, -0.25) is 4.79 Å². The van der Waals surface area contributed by atoms with E-state index >= 15 is 0 Å². The fraction of sp³-hybridized carbons (Fsp3) is 0.391. The number of amides is 1. The van der Waals surface area contributed by atoms with Crippen LogP contribution in [0.25, 0.3) is 10.2 Å². The van der Waals surface area contributed by atoms with Crippen LogP contribution in [0, 0.1) is 0 Å². The Labute approximate surface area is 189 Å². The van der Waals surface area contributed by atoms with Gasteiger partial charge in [-0.25, -0.2) is 4.79 Å². The van der Waals surface area contributed by atoms with E-state index in [1.165, 1.54) is 16.9 Å². The van der Waals surface area contributed by atoms with Crippen LogP contribution >= 0.6 is 22.9 Å². The number of fused-ring (bicyclic) bond motifs is 2. The summed E-state index contributed by atoms with van der Waals surface area (Å²) in [5, 5.41) is 4.06. The molecule has 0 unspecified atom stereocenters. The molecule has 0 fully saturated rings. The molecule has 2 atom stereocenters. The molecule has 6 nitrogen and oxygen atoms in total.